The molecule has 1 aliphatic heterocycles. The van der Waals surface area contributed by atoms with Gasteiger partial charge < -0.3 is 29.8 Å². The van der Waals surface area contributed by atoms with Crippen molar-refractivity contribution in [1.82, 2.24) is 20.5 Å². The number of ketones is 1. The third-order valence-corrected chi connectivity index (χ3v) is 8.31. The smallest absolute Gasteiger partial charge is 0.408 e. The van der Waals surface area contributed by atoms with Crippen molar-refractivity contribution in [1.29, 1.82) is 0 Å². The lowest BCUT2D eigenvalue weighted by molar-refractivity contribution is -0.139. The van der Waals surface area contributed by atoms with E-state index in [1.165, 1.54) is 11.2 Å². The number of hydrogen-bond donors (Lipinski definition) is 3. The van der Waals surface area contributed by atoms with Crippen molar-refractivity contribution in [3.63, 3.8) is 0 Å². The second-order valence-electron chi connectivity index (χ2n) is 12.1. The predicted molar refractivity (Wildman–Crippen MR) is 176 cm³/mol. The zero-order chi connectivity index (χ0) is 33.3. The fourth-order valence-electron chi connectivity index (χ4n) is 6.03. The zero-order valence-electron chi connectivity index (χ0n) is 27.0. The van der Waals surface area contributed by atoms with Crippen LogP contribution in [0, 0.1) is 5.92 Å². The average Bonchev–Trinajstić information content (AvgIpc) is 3.59. The molecule has 4 aromatic rings. The summed E-state index contributed by atoms with van der Waals surface area (Å²) in [5.41, 5.74) is 3.53. The number of likely N-dealkylation sites (N-methyl/N-ethyl adjacent to an activating group) is 1. The van der Waals surface area contributed by atoms with Crippen LogP contribution in [0.15, 0.2) is 95.6 Å². The number of aliphatic hydroxyl groups excluding tert-OH is 1. The van der Waals surface area contributed by atoms with Crippen molar-refractivity contribution in [2.24, 2.45) is 5.92 Å². The third kappa shape index (κ3) is 8.14. The molecule has 1 aliphatic rings. The fraction of sp³-hybridized carbons (Fsp3) is 0.351. The van der Waals surface area contributed by atoms with Crippen LogP contribution < -0.4 is 10.6 Å². The second-order valence-corrected chi connectivity index (χ2v) is 12.1. The van der Waals surface area contributed by atoms with E-state index >= 15 is 0 Å². The molecular weight excluding hydrogens is 596 g/mol. The summed E-state index contributed by atoms with van der Waals surface area (Å²) in [6, 6.07) is 23.7. The molecule has 2 heterocycles. The maximum Gasteiger partial charge on any atom is 0.408 e. The summed E-state index contributed by atoms with van der Waals surface area (Å²) >= 11 is 0. The van der Waals surface area contributed by atoms with Gasteiger partial charge in [-0.05, 0) is 47.9 Å². The van der Waals surface area contributed by atoms with Crippen molar-refractivity contribution in [2.75, 3.05) is 13.1 Å². The Balaban J connectivity index is 1.38. The monoisotopic (exact) mass is 638 g/mol. The lowest BCUT2D eigenvalue weighted by Gasteiger charge is -2.36. The molecule has 0 aliphatic carbocycles. The lowest BCUT2D eigenvalue weighted by atomic mass is 9.91. The minimum Gasteiger partial charge on any atom is -0.445 e. The predicted octanol–water partition coefficient (Wildman–Crippen LogP) is 5.71. The Morgan fingerprint density at radius 2 is 1.70 bits per heavy atom. The zero-order valence-corrected chi connectivity index (χ0v) is 27.0. The van der Waals surface area contributed by atoms with Crippen LogP contribution >= 0.6 is 0 Å². The second kappa shape index (κ2) is 15.7. The number of oxazole rings is 1. The van der Waals surface area contributed by atoms with E-state index in [4.69, 9.17) is 9.15 Å². The van der Waals surface area contributed by atoms with Gasteiger partial charge in [-0.2, -0.15) is 0 Å². The number of aliphatic hydroxyl groups is 1. The number of amides is 2. The van der Waals surface area contributed by atoms with Crippen LogP contribution in [0.5, 0.6) is 0 Å². The van der Waals surface area contributed by atoms with Crippen molar-refractivity contribution in [2.45, 2.75) is 64.4 Å². The molecule has 4 atom stereocenters. The number of rotatable bonds is 13. The van der Waals surface area contributed by atoms with Gasteiger partial charge in [0.1, 0.15) is 24.6 Å². The fourth-order valence-corrected chi connectivity index (χ4v) is 6.03. The standard InChI is InChI=1S/C37H42N4O6/c1-4-41(36(44)29(21-24(2)3)40-37(45)47-22-25-13-7-5-8-14-25)32(27-16-9-6-10-17-27)34(43)35-39-30(23-46-35)33(42)31-28-18-12-11-15-26(28)19-20-38-31/h5-18,23-24,29,31-32,34,38,43H,4,19-22H2,1-3H3,(H,40,45). The molecule has 0 spiro atoms. The summed E-state index contributed by atoms with van der Waals surface area (Å²) in [5.74, 6) is -0.685. The molecule has 0 radical (unpaired) electrons. The van der Waals surface area contributed by atoms with E-state index in [-0.39, 0.29) is 36.4 Å². The number of ether oxygens (including phenoxy) is 1. The van der Waals surface area contributed by atoms with Crippen LogP contribution in [-0.2, 0) is 22.6 Å². The highest BCUT2D eigenvalue weighted by atomic mass is 16.5. The van der Waals surface area contributed by atoms with Crippen LogP contribution in [-0.4, -0.2) is 51.9 Å². The summed E-state index contributed by atoms with van der Waals surface area (Å²) in [5, 5.41) is 17.8. The molecule has 0 bridgehead atoms. The molecular formula is C37H42N4O6. The first-order valence-electron chi connectivity index (χ1n) is 16.1. The first kappa shape index (κ1) is 33.6. The minimum absolute atomic E-state index is 0.0608. The first-order chi connectivity index (χ1) is 22.8. The van der Waals surface area contributed by atoms with Gasteiger partial charge in [0.25, 0.3) is 0 Å². The molecule has 10 heteroatoms. The normalized spacial score (nSPS) is 16.1. The Hall–Kier alpha value is -4.80. The molecule has 2 amide bonds. The van der Waals surface area contributed by atoms with Gasteiger partial charge in [-0.15, -0.1) is 0 Å². The Bertz CT molecular complexity index is 1640. The quantitative estimate of drug-likeness (QED) is 0.159. The van der Waals surface area contributed by atoms with Crippen molar-refractivity contribution < 1.29 is 28.6 Å². The average molecular weight is 639 g/mol. The van der Waals surface area contributed by atoms with Crippen LogP contribution in [0.2, 0.25) is 0 Å². The maximum absolute atomic E-state index is 14.2. The Morgan fingerprint density at radius 1 is 1.02 bits per heavy atom. The van der Waals surface area contributed by atoms with Gasteiger partial charge in [0.15, 0.2) is 6.10 Å². The van der Waals surface area contributed by atoms with Crippen molar-refractivity contribution >= 4 is 17.8 Å². The molecule has 246 valence electrons. The number of nitrogens with one attached hydrogen (secondary N) is 2. The molecule has 10 nitrogen and oxygen atoms in total. The van der Waals surface area contributed by atoms with Gasteiger partial charge in [0.2, 0.25) is 17.6 Å². The van der Waals surface area contributed by atoms with Gasteiger partial charge in [-0.1, -0.05) is 98.8 Å². The number of fused-ring (bicyclic) bond motifs is 1. The Labute approximate surface area is 275 Å². The number of alkyl carbamates (subject to hydrolysis) is 1. The van der Waals surface area contributed by atoms with Gasteiger partial charge in [-0.3, -0.25) is 9.59 Å². The largest absolute Gasteiger partial charge is 0.445 e. The van der Waals surface area contributed by atoms with Gasteiger partial charge >= 0.3 is 6.09 Å². The van der Waals surface area contributed by atoms with E-state index in [1.807, 2.05) is 86.6 Å². The topological polar surface area (TPSA) is 134 Å². The number of carbonyl (C=O) groups is 3. The molecule has 47 heavy (non-hydrogen) atoms. The van der Waals surface area contributed by atoms with Crippen molar-refractivity contribution in [3.05, 3.63) is 125 Å². The summed E-state index contributed by atoms with van der Waals surface area (Å²) in [7, 11) is 0. The third-order valence-electron chi connectivity index (χ3n) is 8.31. The van der Waals surface area contributed by atoms with Crippen LogP contribution in [0.1, 0.15) is 84.0 Å². The highest BCUT2D eigenvalue weighted by Crippen LogP contribution is 2.35. The summed E-state index contributed by atoms with van der Waals surface area (Å²) in [6.45, 7) is 6.64. The van der Waals surface area contributed by atoms with E-state index in [0.29, 0.717) is 18.5 Å². The molecule has 3 aromatic carbocycles. The SMILES string of the molecule is CCN(C(=O)C(CC(C)C)NC(=O)OCc1ccccc1)C(c1ccccc1)C(O)c1nc(C(=O)C2NCCc3ccccc32)co1. The summed E-state index contributed by atoms with van der Waals surface area (Å²) in [6.07, 6.45) is 0.292. The highest BCUT2D eigenvalue weighted by Gasteiger charge is 2.38. The highest BCUT2D eigenvalue weighted by molar-refractivity contribution is 5.99. The van der Waals surface area contributed by atoms with E-state index in [1.54, 1.807) is 19.1 Å². The van der Waals surface area contributed by atoms with E-state index < -0.39 is 36.2 Å². The molecule has 3 N–H and O–H groups in total. The molecule has 0 saturated carbocycles. The number of benzene rings is 3. The van der Waals surface area contributed by atoms with Gasteiger partial charge in [-0.25, -0.2) is 9.78 Å². The lowest BCUT2D eigenvalue weighted by Crippen LogP contribution is -2.51. The molecule has 4 unspecified atom stereocenters. The number of Topliss-reactive ketones (excluding diaryl/α,β-unsaturated/α-hetero) is 1. The maximum atomic E-state index is 14.2. The summed E-state index contributed by atoms with van der Waals surface area (Å²) in [4.78, 5) is 46.7. The molecule has 0 saturated heterocycles. The van der Waals surface area contributed by atoms with Crippen LogP contribution in [0.25, 0.3) is 0 Å². The Morgan fingerprint density at radius 3 is 2.40 bits per heavy atom. The molecule has 5 rings (SSSR count). The van der Waals surface area contributed by atoms with E-state index in [9.17, 15) is 19.5 Å². The minimum atomic E-state index is -1.42. The molecule has 1 aromatic heterocycles. The number of aromatic nitrogens is 1. The van der Waals surface area contributed by atoms with Gasteiger partial charge in [0.05, 0.1) is 12.1 Å². The van der Waals surface area contributed by atoms with E-state index in [2.05, 4.69) is 15.6 Å². The van der Waals surface area contributed by atoms with Crippen LogP contribution in [0.3, 0.4) is 0 Å². The summed E-state index contributed by atoms with van der Waals surface area (Å²) < 4.78 is 11.2. The van der Waals surface area contributed by atoms with Crippen LogP contribution in [0.4, 0.5) is 4.79 Å². The molecule has 0 fully saturated rings. The number of carbonyl (C=O) groups excluding carboxylic acids is 3. The number of hydrogen-bond acceptors (Lipinski definition) is 8. The Kier molecular flexibility index (Phi) is 11.2. The number of nitrogens with zero attached hydrogens (tertiary/aromatic N) is 2. The van der Waals surface area contributed by atoms with Gasteiger partial charge in [0, 0.05) is 13.1 Å². The first-order valence-corrected chi connectivity index (χ1v) is 16.1. The van der Waals surface area contributed by atoms with Crippen molar-refractivity contribution in [3.8, 4) is 0 Å². The van der Waals surface area contributed by atoms with E-state index in [0.717, 1.165) is 23.1 Å².